The average molecular weight is 418 g/mol. The number of hydrogen-bond donors (Lipinski definition) is 1. The molecule has 4 aromatic rings. The van der Waals surface area contributed by atoms with E-state index in [4.69, 9.17) is 4.52 Å². The summed E-state index contributed by atoms with van der Waals surface area (Å²) in [5.41, 5.74) is 4.19. The van der Waals surface area contributed by atoms with E-state index in [-0.39, 0.29) is 18.4 Å². The van der Waals surface area contributed by atoms with E-state index < -0.39 is 0 Å². The van der Waals surface area contributed by atoms with E-state index in [0.29, 0.717) is 39.4 Å². The summed E-state index contributed by atoms with van der Waals surface area (Å²) >= 11 is 1.67. The van der Waals surface area contributed by atoms with Gasteiger partial charge in [-0.2, -0.15) is 0 Å². The topological polar surface area (TPSA) is 88.3 Å². The maximum atomic E-state index is 13.7. The van der Waals surface area contributed by atoms with E-state index in [1.165, 1.54) is 4.90 Å². The first-order valence-corrected chi connectivity index (χ1v) is 10.3. The fourth-order valence-electron chi connectivity index (χ4n) is 3.85. The number of para-hydroxylation sites is 2. The Morgan fingerprint density at radius 1 is 1.20 bits per heavy atom. The number of carbonyl (C=O) groups is 2. The van der Waals surface area contributed by atoms with Crippen LogP contribution in [0.2, 0.25) is 0 Å². The van der Waals surface area contributed by atoms with Gasteiger partial charge in [-0.3, -0.25) is 14.5 Å². The second-order valence-corrected chi connectivity index (χ2v) is 8.75. The van der Waals surface area contributed by atoms with Gasteiger partial charge in [0.25, 0.3) is 11.6 Å². The number of amides is 2. The summed E-state index contributed by atoms with van der Waals surface area (Å²) in [6.07, 6.45) is 0. The van der Waals surface area contributed by atoms with Gasteiger partial charge in [0.1, 0.15) is 6.54 Å². The van der Waals surface area contributed by atoms with Crippen LogP contribution in [0.15, 0.2) is 40.9 Å². The van der Waals surface area contributed by atoms with E-state index in [9.17, 15) is 9.59 Å². The maximum Gasteiger partial charge on any atom is 0.259 e. The van der Waals surface area contributed by atoms with Crippen molar-refractivity contribution in [3.8, 4) is 11.3 Å². The number of carbonyl (C=O) groups excluding carboxylic acids is 2. The first kappa shape index (κ1) is 18.5. The van der Waals surface area contributed by atoms with Gasteiger partial charge in [-0.05, 0) is 45.0 Å². The van der Waals surface area contributed by atoms with Crippen LogP contribution in [0, 0.1) is 20.8 Å². The number of nitrogens with zero attached hydrogens (tertiary/aromatic N) is 3. The predicted octanol–water partition coefficient (Wildman–Crippen LogP) is 4.48. The van der Waals surface area contributed by atoms with Crippen LogP contribution >= 0.6 is 11.3 Å². The summed E-state index contributed by atoms with van der Waals surface area (Å²) in [6, 6.07) is 11.1. The Morgan fingerprint density at radius 2 is 2.00 bits per heavy atom. The number of anilines is 2. The number of aromatic nitrogens is 2. The molecule has 7 nitrogen and oxygen atoms in total. The second kappa shape index (κ2) is 6.77. The molecule has 150 valence electrons. The third-order valence-electron chi connectivity index (χ3n) is 5.18. The number of fused-ring (bicyclic) bond motifs is 2. The van der Waals surface area contributed by atoms with E-state index in [1.807, 2.05) is 32.0 Å². The van der Waals surface area contributed by atoms with Gasteiger partial charge < -0.3 is 9.84 Å². The summed E-state index contributed by atoms with van der Waals surface area (Å²) in [5, 5.41) is 7.40. The molecule has 0 aliphatic carbocycles. The van der Waals surface area contributed by atoms with Gasteiger partial charge >= 0.3 is 0 Å². The molecule has 3 aromatic heterocycles. The molecule has 30 heavy (non-hydrogen) atoms. The Bertz CT molecular complexity index is 1340. The van der Waals surface area contributed by atoms with Crippen LogP contribution < -0.4 is 10.2 Å². The van der Waals surface area contributed by atoms with Crippen molar-refractivity contribution in [2.45, 2.75) is 20.8 Å². The molecule has 0 fully saturated rings. The summed E-state index contributed by atoms with van der Waals surface area (Å²) in [6.45, 7) is 5.78. The van der Waals surface area contributed by atoms with Crippen LogP contribution in [0.3, 0.4) is 0 Å². The van der Waals surface area contributed by atoms with E-state index >= 15 is 0 Å². The van der Waals surface area contributed by atoms with Crippen LogP contribution in [0.4, 0.5) is 11.4 Å². The number of aryl methyl sites for hydroxylation is 3. The first-order chi connectivity index (χ1) is 14.4. The molecule has 0 bridgehead atoms. The highest BCUT2D eigenvalue weighted by Gasteiger charge is 2.30. The minimum atomic E-state index is -0.290. The third kappa shape index (κ3) is 2.88. The van der Waals surface area contributed by atoms with Gasteiger partial charge in [0, 0.05) is 15.3 Å². The Hall–Kier alpha value is -3.52. The normalized spacial score (nSPS) is 13.4. The molecule has 0 spiro atoms. The lowest BCUT2D eigenvalue weighted by atomic mass is 10.0. The van der Waals surface area contributed by atoms with Crippen molar-refractivity contribution in [2.75, 3.05) is 16.8 Å². The quantitative estimate of drug-likeness (QED) is 0.519. The monoisotopic (exact) mass is 418 g/mol. The summed E-state index contributed by atoms with van der Waals surface area (Å²) in [7, 11) is 0. The smallest absolute Gasteiger partial charge is 0.259 e. The highest BCUT2D eigenvalue weighted by molar-refractivity contribution is 7.12. The Balaban J connectivity index is 1.70. The van der Waals surface area contributed by atoms with Crippen molar-refractivity contribution in [1.82, 2.24) is 10.1 Å². The molecule has 1 aliphatic heterocycles. The first-order valence-electron chi connectivity index (χ1n) is 9.47. The molecule has 0 unspecified atom stereocenters. The van der Waals surface area contributed by atoms with Gasteiger partial charge in [0.15, 0.2) is 0 Å². The van der Waals surface area contributed by atoms with Crippen molar-refractivity contribution in [3.05, 3.63) is 57.4 Å². The van der Waals surface area contributed by atoms with Gasteiger partial charge in [-0.15, -0.1) is 11.3 Å². The Morgan fingerprint density at radius 3 is 2.77 bits per heavy atom. The summed E-state index contributed by atoms with van der Waals surface area (Å²) in [4.78, 5) is 34.3. The van der Waals surface area contributed by atoms with Crippen LogP contribution in [0.5, 0.6) is 0 Å². The van der Waals surface area contributed by atoms with Crippen molar-refractivity contribution in [1.29, 1.82) is 0 Å². The zero-order valence-electron chi connectivity index (χ0n) is 16.6. The van der Waals surface area contributed by atoms with E-state index in [0.717, 1.165) is 15.3 Å². The minimum absolute atomic E-state index is 0.0596. The minimum Gasteiger partial charge on any atom is -0.335 e. The highest BCUT2D eigenvalue weighted by Crippen LogP contribution is 2.35. The van der Waals surface area contributed by atoms with Crippen LogP contribution in [0.1, 0.15) is 25.8 Å². The van der Waals surface area contributed by atoms with Gasteiger partial charge in [0.05, 0.1) is 33.7 Å². The van der Waals surface area contributed by atoms with Gasteiger partial charge in [-0.1, -0.05) is 17.3 Å². The molecule has 5 rings (SSSR count). The molecule has 0 atom stereocenters. The third-order valence-corrected chi connectivity index (χ3v) is 6.15. The number of thiophene rings is 1. The maximum absolute atomic E-state index is 13.7. The van der Waals surface area contributed by atoms with Crippen molar-refractivity contribution >= 4 is 45.6 Å². The van der Waals surface area contributed by atoms with E-state index in [2.05, 4.69) is 21.5 Å². The summed E-state index contributed by atoms with van der Waals surface area (Å²) in [5.74, 6) is -0.527. The van der Waals surface area contributed by atoms with Crippen molar-refractivity contribution < 1.29 is 14.1 Å². The molecule has 0 saturated heterocycles. The van der Waals surface area contributed by atoms with Crippen molar-refractivity contribution in [3.63, 3.8) is 0 Å². The lowest BCUT2D eigenvalue weighted by Crippen LogP contribution is -2.42. The predicted molar refractivity (Wildman–Crippen MR) is 116 cm³/mol. The number of rotatable bonds is 2. The van der Waals surface area contributed by atoms with E-state index in [1.54, 1.807) is 30.4 Å². The summed E-state index contributed by atoms with van der Waals surface area (Å²) < 4.78 is 5.42. The highest BCUT2D eigenvalue weighted by atomic mass is 32.1. The molecule has 0 saturated carbocycles. The van der Waals surface area contributed by atoms with Gasteiger partial charge in [0.2, 0.25) is 5.91 Å². The zero-order chi connectivity index (χ0) is 21.0. The number of pyridine rings is 1. The average Bonchev–Trinajstić information content (AvgIpc) is 3.27. The molecule has 1 N–H and O–H groups in total. The standard InChI is InChI=1S/C22H18N4O3S/c1-11-8-14(13(3)30-11)17-9-15(20-12(2)25-29-21(20)24-17)22(28)26-10-19(27)23-16-6-4-5-7-18(16)26/h4-9H,10H2,1-3H3,(H,23,27). The SMILES string of the molecule is Cc1cc(-c2cc(C(=O)N3CC(=O)Nc4ccccc43)c3c(C)noc3n2)c(C)s1. The Labute approximate surface area is 176 Å². The second-order valence-electron chi connectivity index (χ2n) is 7.29. The number of nitrogens with one attached hydrogen (secondary N) is 1. The van der Waals surface area contributed by atoms with Crippen LogP contribution in [-0.4, -0.2) is 28.5 Å². The molecule has 0 radical (unpaired) electrons. The number of hydrogen-bond acceptors (Lipinski definition) is 6. The fraction of sp³-hybridized carbons (Fsp3) is 0.182. The number of benzene rings is 1. The van der Waals surface area contributed by atoms with Crippen LogP contribution in [-0.2, 0) is 4.79 Å². The largest absolute Gasteiger partial charge is 0.335 e. The molecular weight excluding hydrogens is 400 g/mol. The van der Waals surface area contributed by atoms with Crippen LogP contribution in [0.25, 0.3) is 22.4 Å². The zero-order valence-corrected chi connectivity index (χ0v) is 17.5. The lowest BCUT2D eigenvalue weighted by molar-refractivity contribution is -0.115. The molecule has 8 heteroatoms. The fourth-order valence-corrected chi connectivity index (χ4v) is 4.78. The molecule has 4 heterocycles. The molecule has 1 aliphatic rings. The van der Waals surface area contributed by atoms with Crippen molar-refractivity contribution in [2.24, 2.45) is 0 Å². The Kier molecular flexibility index (Phi) is 4.18. The molecular formula is C22H18N4O3S. The molecule has 2 amide bonds. The van der Waals surface area contributed by atoms with Gasteiger partial charge in [-0.25, -0.2) is 4.98 Å². The lowest BCUT2D eigenvalue weighted by Gasteiger charge is -2.29. The molecule has 1 aromatic carbocycles.